The molecule has 0 aliphatic carbocycles. The second-order valence-corrected chi connectivity index (χ2v) is 4.75. The Morgan fingerprint density at radius 1 is 0.882 bits per heavy atom. The molecule has 0 saturated heterocycles. The van der Waals surface area contributed by atoms with Gasteiger partial charge in [-0.1, -0.05) is 50.5 Å². The molecule has 0 atom stereocenters. The first-order chi connectivity index (χ1) is 8.29. The first kappa shape index (κ1) is 12.0. The molecular weight excluding hydrogens is 206 g/mol. The zero-order valence-corrected chi connectivity index (χ0v) is 10.6. The number of hydrogen-bond acceptors (Lipinski definition) is 1. The second-order valence-electron chi connectivity index (χ2n) is 4.75. The van der Waals surface area contributed by atoms with Gasteiger partial charge in [0.25, 0.3) is 0 Å². The average Bonchev–Trinajstić information content (AvgIpc) is 2.35. The number of benzene rings is 2. The van der Waals surface area contributed by atoms with Crippen molar-refractivity contribution in [3.8, 4) is 0 Å². The molecule has 2 rings (SSSR count). The van der Waals surface area contributed by atoms with E-state index in [4.69, 9.17) is 5.73 Å². The van der Waals surface area contributed by atoms with E-state index in [1.807, 2.05) is 12.1 Å². The topological polar surface area (TPSA) is 26.0 Å². The highest BCUT2D eigenvalue weighted by molar-refractivity contribution is 5.85. The monoisotopic (exact) mass is 227 g/mol. The van der Waals surface area contributed by atoms with Crippen LogP contribution >= 0.6 is 0 Å². The standard InChI is InChI=1S/C16H21N/c1-2-3-4-5-6-13-7-8-15-12-16(17)10-9-14(15)11-13/h7-12H,2-6,17H2,1H3. The molecule has 17 heavy (non-hydrogen) atoms. The number of fused-ring (bicyclic) bond motifs is 1. The van der Waals surface area contributed by atoms with Gasteiger partial charge in [0.2, 0.25) is 0 Å². The summed E-state index contributed by atoms with van der Waals surface area (Å²) in [4.78, 5) is 0. The van der Waals surface area contributed by atoms with E-state index in [9.17, 15) is 0 Å². The molecule has 0 radical (unpaired) electrons. The number of unbranched alkanes of at least 4 members (excludes halogenated alkanes) is 3. The van der Waals surface area contributed by atoms with Crippen LogP contribution in [0.15, 0.2) is 36.4 Å². The van der Waals surface area contributed by atoms with Crippen LogP contribution in [-0.2, 0) is 6.42 Å². The van der Waals surface area contributed by atoms with Gasteiger partial charge in [-0.05, 0) is 41.3 Å². The maximum absolute atomic E-state index is 5.78. The number of aryl methyl sites for hydroxylation is 1. The lowest BCUT2D eigenvalue weighted by molar-refractivity contribution is 0.667. The Hall–Kier alpha value is -1.50. The summed E-state index contributed by atoms with van der Waals surface area (Å²) in [5.74, 6) is 0. The molecular formula is C16H21N. The van der Waals surface area contributed by atoms with Gasteiger partial charge >= 0.3 is 0 Å². The molecule has 2 aromatic carbocycles. The predicted octanol–water partition coefficient (Wildman–Crippen LogP) is 4.54. The molecule has 90 valence electrons. The molecule has 0 aliphatic heterocycles. The van der Waals surface area contributed by atoms with Crippen LogP contribution in [0, 0.1) is 0 Å². The molecule has 1 nitrogen and oxygen atoms in total. The van der Waals surface area contributed by atoms with Gasteiger partial charge in [-0.15, -0.1) is 0 Å². The summed E-state index contributed by atoms with van der Waals surface area (Å²) in [6.45, 7) is 2.25. The lowest BCUT2D eigenvalue weighted by Gasteiger charge is -2.04. The van der Waals surface area contributed by atoms with Crippen molar-refractivity contribution < 1.29 is 0 Å². The summed E-state index contributed by atoms with van der Waals surface area (Å²) in [5, 5.41) is 2.54. The van der Waals surface area contributed by atoms with Crippen molar-refractivity contribution in [1.82, 2.24) is 0 Å². The van der Waals surface area contributed by atoms with Crippen LogP contribution in [0.1, 0.15) is 38.2 Å². The van der Waals surface area contributed by atoms with E-state index in [-0.39, 0.29) is 0 Å². The van der Waals surface area contributed by atoms with E-state index in [0.29, 0.717) is 0 Å². The Bertz CT molecular complexity index is 488. The van der Waals surface area contributed by atoms with Crippen molar-refractivity contribution in [3.05, 3.63) is 42.0 Å². The molecule has 0 saturated carbocycles. The Morgan fingerprint density at radius 2 is 1.65 bits per heavy atom. The fraction of sp³-hybridized carbons (Fsp3) is 0.375. The van der Waals surface area contributed by atoms with Crippen molar-refractivity contribution >= 4 is 16.5 Å². The van der Waals surface area contributed by atoms with Gasteiger partial charge in [0.15, 0.2) is 0 Å². The summed E-state index contributed by atoms with van der Waals surface area (Å²) in [7, 11) is 0. The van der Waals surface area contributed by atoms with Crippen molar-refractivity contribution in [2.75, 3.05) is 5.73 Å². The van der Waals surface area contributed by atoms with Crippen LogP contribution in [0.2, 0.25) is 0 Å². The summed E-state index contributed by atoms with van der Waals surface area (Å²) in [6, 6.07) is 12.8. The smallest absolute Gasteiger partial charge is 0.0320 e. The average molecular weight is 227 g/mol. The Morgan fingerprint density at radius 3 is 2.47 bits per heavy atom. The summed E-state index contributed by atoms with van der Waals surface area (Å²) >= 11 is 0. The van der Waals surface area contributed by atoms with Crippen LogP contribution in [-0.4, -0.2) is 0 Å². The maximum atomic E-state index is 5.78. The molecule has 0 spiro atoms. The largest absolute Gasteiger partial charge is 0.399 e. The van der Waals surface area contributed by atoms with Crippen LogP contribution < -0.4 is 5.73 Å². The van der Waals surface area contributed by atoms with Gasteiger partial charge in [-0.25, -0.2) is 0 Å². The molecule has 2 aromatic rings. The minimum absolute atomic E-state index is 0.841. The molecule has 0 bridgehead atoms. The number of rotatable bonds is 5. The van der Waals surface area contributed by atoms with Crippen LogP contribution in [0.5, 0.6) is 0 Å². The lowest BCUT2D eigenvalue weighted by Crippen LogP contribution is -1.88. The molecule has 1 heteroatoms. The van der Waals surface area contributed by atoms with Gasteiger partial charge < -0.3 is 5.73 Å². The van der Waals surface area contributed by atoms with Gasteiger partial charge in [0, 0.05) is 5.69 Å². The second kappa shape index (κ2) is 5.72. The first-order valence-corrected chi connectivity index (χ1v) is 6.58. The molecule has 2 N–H and O–H groups in total. The number of anilines is 1. The molecule has 0 aliphatic rings. The quantitative estimate of drug-likeness (QED) is 0.588. The Kier molecular flexibility index (Phi) is 4.03. The highest BCUT2D eigenvalue weighted by Gasteiger charge is 1.97. The fourth-order valence-electron chi connectivity index (χ4n) is 2.23. The van der Waals surface area contributed by atoms with Gasteiger partial charge in [-0.2, -0.15) is 0 Å². The van der Waals surface area contributed by atoms with Gasteiger partial charge in [-0.3, -0.25) is 0 Å². The highest BCUT2D eigenvalue weighted by atomic mass is 14.5. The van der Waals surface area contributed by atoms with Gasteiger partial charge in [0.05, 0.1) is 0 Å². The van der Waals surface area contributed by atoms with E-state index in [0.717, 1.165) is 5.69 Å². The van der Waals surface area contributed by atoms with Crippen molar-refractivity contribution in [3.63, 3.8) is 0 Å². The molecule has 0 unspecified atom stereocenters. The van der Waals surface area contributed by atoms with E-state index in [1.165, 1.54) is 48.4 Å². The van der Waals surface area contributed by atoms with Crippen LogP contribution in [0.4, 0.5) is 5.69 Å². The van der Waals surface area contributed by atoms with Crippen molar-refractivity contribution in [1.29, 1.82) is 0 Å². The third kappa shape index (κ3) is 3.23. The predicted molar refractivity (Wildman–Crippen MR) is 76.2 cm³/mol. The van der Waals surface area contributed by atoms with Crippen molar-refractivity contribution in [2.24, 2.45) is 0 Å². The van der Waals surface area contributed by atoms with E-state index in [2.05, 4.69) is 31.2 Å². The lowest BCUT2D eigenvalue weighted by atomic mass is 10.0. The number of hydrogen-bond donors (Lipinski definition) is 1. The normalized spacial score (nSPS) is 10.9. The van der Waals surface area contributed by atoms with Crippen molar-refractivity contribution in [2.45, 2.75) is 39.0 Å². The minimum atomic E-state index is 0.841. The van der Waals surface area contributed by atoms with Crippen LogP contribution in [0.3, 0.4) is 0 Å². The SMILES string of the molecule is CCCCCCc1ccc2cc(N)ccc2c1. The third-order valence-corrected chi connectivity index (χ3v) is 3.25. The summed E-state index contributed by atoms with van der Waals surface area (Å²) < 4.78 is 0. The first-order valence-electron chi connectivity index (χ1n) is 6.58. The zero-order valence-electron chi connectivity index (χ0n) is 10.6. The molecule has 0 amide bonds. The zero-order chi connectivity index (χ0) is 12.1. The van der Waals surface area contributed by atoms with E-state index < -0.39 is 0 Å². The number of nitrogen functional groups attached to an aromatic ring is 1. The molecule has 0 aromatic heterocycles. The van der Waals surface area contributed by atoms with E-state index in [1.54, 1.807) is 0 Å². The Balaban J connectivity index is 2.07. The van der Waals surface area contributed by atoms with Crippen LogP contribution in [0.25, 0.3) is 10.8 Å². The molecule has 0 fully saturated rings. The minimum Gasteiger partial charge on any atom is -0.399 e. The number of nitrogens with two attached hydrogens (primary N) is 1. The maximum Gasteiger partial charge on any atom is 0.0320 e. The summed E-state index contributed by atoms with van der Waals surface area (Å²) in [6.07, 6.45) is 6.49. The highest BCUT2D eigenvalue weighted by Crippen LogP contribution is 2.20. The van der Waals surface area contributed by atoms with E-state index >= 15 is 0 Å². The fourth-order valence-corrected chi connectivity index (χ4v) is 2.23. The Labute approximate surface area is 104 Å². The summed E-state index contributed by atoms with van der Waals surface area (Å²) in [5.41, 5.74) is 8.06. The third-order valence-electron chi connectivity index (χ3n) is 3.25. The molecule has 0 heterocycles. The van der Waals surface area contributed by atoms with Gasteiger partial charge in [0.1, 0.15) is 0 Å².